The Morgan fingerprint density at radius 2 is 2.00 bits per heavy atom. The molecule has 18 heavy (non-hydrogen) atoms. The third-order valence-electron chi connectivity index (χ3n) is 3.55. The van der Waals surface area contributed by atoms with Crippen molar-refractivity contribution in [3.05, 3.63) is 16.1 Å². The molecular weight excluding hydrogens is 269 g/mol. The molecule has 3 N–H and O–H groups in total. The molecule has 1 saturated carbocycles. The van der Waals surface area contributed by atoms with E-state index in [0.717, 1.165) is 18.8 Å². The van der Waals surface area contributed by atoms with Crippen LogP contribution in [0, 0.1) is 5.92 Å². The Morgan fingerprint density at radius 1 is 1.22 bits per heavy atom. The average Bonchev–Trinajstić information content (AvgIpc) is 2.51. The molecule has 1 aliphatic rings. The topological polar surface area (TPSA) is 50.9 Å². The minimum atomic E-state index is 0.325. The van der Waals surface area contributed by atoms with Gasteiger partial charge in [-0.3, -0.25) is 0 Å². The SMILES string of the molecule is CC1CCCC(Nc2nc(N)c(Cl)cc2Cl)CC1. The summed E-state index contributed by atoms with van der Waals surface area (Å²) in [5.74, 6) is 1.79. The molecule has 1 heterocycles. The number of nitrogens with two attached hydrogens (primary N) is 1. The van der Waals surface area contributed by atoms with Crippen molar-refractivity contribution in [1.82, 2.24) is 4.98 Å². The Labute approximate surface area is 118 Å². The first-order valence-electron chi connectivity index (χ1n) is 6.44. The van der Waals surface area contributed by atoms with Crippen molar-refractivity contribution in [2.45, 2.75) is 45.1 Å². The Hall–Kier alpha value is -0.670. The number of rotatable bonds is 2. The number of nitrogens with zero attached hydrogens (tertiary/aromatic N) is 1. The quantitative estimate of drug-likeness (QED) is 0.795. The number of anilines is 2. The van der Waals surface area contributed by atoms with Gasteiger partial charge >= 0.3 is 0 Å². The van der Waals surface area contributed by atoms with Crippen LogP contribution in [0.15, 0.2) is 6.07 Å². The van der Waals surface area contributed by atoms with E-state index in [2.05, 4.69) is 17.2 Å². The van der Waals surface area contributed by atoms with Crippen LogP contribution in [0.3, 0.4) is 0 Å². The first kappa shape index (κ1) is 13.8. The Bertz CT molecular complexity index is 423. The van der Waals surface area contributed by atoms with Gasteiger partial charge in [0.05, 0.1) is 10.0 Å². The van der Waals surface area contributed by atoms with E-state index in [1.54, 1.807) is 6.07 Å². The van der Waals surface area contributed by atoms with Crippen LogP contribution in [0.4, 0.5) is 11.6 Å². The van der Waals surface area contributed by atoms with Gasteiger partial charge in [-0.1, -0.05) is 43.0 Å². The molecule has 3 nitrogen and oxygen atoms in total. The molecular formula is C13H19Cl2N3. The first-order valence-corrected chi connectivity index (χ1v) is 7.20. The monoisotopic (exact) mass is 287 g/mol. The van der Waals surface area contributed by atoms with E-state index in [4.69, 9.17) is 28.9 Å². The lowest BCUT2D eigenvalue weighted by molar-refractivity contribution is 0.502. The highest BCUT2D eigenvalue weighted by Crippen LogP contribution is 2.30. The number of aromatic nitrogens is 1. The number of nitrogens with one attached hydrogen (secondary N) is 1. The predicted octanol–water partition coefficient (Wildman–Crippen LogP) is 4.35. The fourth-order valence-electron chi connectivity index (χ4n) is 2.41. The van der Waals surface area contributed by atoms with E-state index in [9.17, 15) is 0 Å². The summed E-state index contributed by atoms with van der Waals surface area (Å²) >= 11 is 12.0. The summed E-state index contributed by atoms with van der Waals surface area (Å²) in [6.45, 7) is 2.31. The van der Waals surface area contributed by atoms with Crippen molar-refractivity contribution < 1.29 is 0 Å². The smallest absolute Gasteiger partial charge is 0.147 e. The largest absolute Gasteiger partial charge is 0.382 e. The van der Waals surface area contributed by atoms with Gasteiger partial charge in [-0.25, -0.2) is 4.98 Å². The maximum Gasteiger partial charge on any atom is 0.147 e. The molecule has 0 radical (unpaired) electrons. The number of hydrogen-bond acceptors (Lipinski definition) is 3. The van der Waals surface area contributed by atoms with Crippen LogP contribution >= 0.6 is 23.2 Å². The Morgan fingerprint density at radius 3 is 2.78 bits per heavy atom. The van der Waals surface area contributed by atoms with E-state index in [1.165, 1.54) is 19.3 Å². The maximum atomic E-state index is 6.13. The van der Waals surface area contributed by atoms with Crippen molar-refractivity contribution in [2.75, 3.05) is 11.1 Å². The van der Waals surface area contributed by atoms with Gasteiger partial charge in [0.2, 0.25) is 0 Å². The van der Waals surface area contributed by atoms with Crippen LogP contribution in [0.2, 0.25) is 10.0 Å². The van der Waals surface area contributed by atoms with Gasteiger partial charge in [-0.2, -0.15) is 0 Å². The molecule has 0 aliphatic heterocycles. The summed E-state index contributed by atoms with van der Waals surface area (Å²) in [6, 6.07) is 2.08. The molecule has 0 amide bonds. The van der Waals surface area contributed by atoms with E-state index < -0.39 is 0 Å². The summed E-state index contributed by atoms with van der Waals surface area (Å²) < 4.78 is 0. The van der Waals surface area contributed by atoms with Gasteiger partial charge in [0.25, 0.3) is 0 Å². The molecule has 1 aromatic heterocycles. The van der Waals surface area contributed by atoms with Gasteiger partial charge in [0.15, 0.2) is 0 Å². The van der Waals surface area contributed by atoms with Gasteiger partial charge < -0.3 is 11.1 Å². The first-order chi connectivity index (χ1) is 8.56. The minimum Gasteiger partial charge on any atom is -0.382 e. The van der Waals surface area contributed by atoms with E-state index in [0.29, 0.717) is 27.7 Å². The summed E-state index contributed by atoms with van der Waals surface area (Å²) in [5.41, 5.74) is 5.71. The van der Waals surface area contributed by atoms with Crippen molar-refractivity contribution in [3.8, 4) is 0 Å². The van der Waals surface area contributed by atoms with Crippen LogP contribution in [0.25, 0.3) is 0 Å². The second-order valence-electron chi connectivity index (χ2n) is 5.14. The average molecular weight is 288 g/mol. The zero-order valence-corrected chi connectivity index (χ0v) is 12.1. The second kappa shape index (κ2) is 5.98. The van der Waals surface area contributed by atoms with E-state index in [-0.39, 0.29) is 0 Å². The second-order valence-corrected chi connectivity index (χ2v) is 5.95. The Balaban J connectivity index is 2.06. The van der Waals surface area contributed by atoms with Crippen LogP contribution in [-0.2, 0) is 0 Å². The van der Waals surface area contributed by atoms with E-state index >= 15 is 0 Å². The number of pyridine rings is 1. The molecule has 1 fully saturated rings. The highest BCUT2D eigenvalue weighted by molar-refractivity contribution is 6.37. The van der Waals surface area contributed by atoms with Crippen molar-refractivity contribution >= 4 is 34.8 Å². The highest BCUT2D eigenvalue weighted by Gasteiger charge is 2.18. The fourth-order valence-corrected chi connectivity index (χ4v) is 2.82. The number of hydrogen-bond donors (Lipinski definition) is 2. The molecule has 2 atom stereocenters. The van der Waals surface area contributed by atoms with Gasteiger partial charge in [0.1, 0.15) is 11.6 Å². The molecule has 5 heteroatoms. The Kier molecular flexibility index (Phi) is 4.57. The van der Waals surface area contributed by atoms with Crippen LogP contribution in [0.5, 0.6) is 0 Å². The fraction of sp³-hybridized carbons (Fsp3) is 0.615. The van der Waals surface area contributed by atoms with Crippen LogP contribution < -0.4 is 11.1 Å². The standard InChI is InChI=1S/C13H19Cl2N3/c1-8-3-2-4-9(6-5-8)17-13-11(15)7-10(14)12(16)18-13/h7-9H,2-6H2,1H3,(H3,16,17,18). The predicted molar refractivity (Wildman–Crippen MR) is 78.3 cm³/mol. The van der Waals surface area contributed by atoms with Gasteiger partial charge in [0, 0.05) is 6.04 Å². The van der Waals surface area contributed by atoms with Crippen molar-refractivity contribution in [2.24, 2.45) is 5.92 Å². The summed E-state index contributed by atoms with van der Waals surface area (Å²) in [6.07, 6.45) is 6.12. The summed E-state index contributed by atoms with van der Waals surface area (Å²) in [7, 11) is 0. The van der Waals surface area contributed by atoms with Gasteiger partial charge in [-0.15, -0.1) is 0 Å². The molecule has 0 bridgehead atoms. The number of nitrogen functional groups attached to an aromatic ring is 1. The minimum absolute atomic E-state index is 0.325. The lowest BCUT2D eigenvalue weighted by atomic mass is 10.0. The van der Waals surface area contributed by atoms with Gasteiger partial charge in [-0.05, 0) is 31.2 Å². The van der Waals surface area contributed by atoms with Crippen LogP contribution in [0.1, 0.15) is 39.0 Å². The molecule has 0 aromatic carbocycles. The molecule has 0 spiro atoms. The van der Waals surface area contributed by atoms with Crippen molar-refractivity contribution in [3.63, 3.8) is 0 Å². The maximum absolute atomic E-state index is 6.13. The van der Waals surface area contributed by atoms with Crippen LogP contribution in [-0.4, -0.2) is 11.0 Å². The lowest BCUT2D eigenvalue weighted by Crippen LogP contribution is -2.19. The van der Waals surface area contributed by atoms with E-state index in [1.807, 2.05) is 0 Å². The molecule has 2 rings (SSSR count). The summed E-state index contributed by atoms with van der Waals surface area (Å²) in [5, 5.41) is 4.33. The normalized spacial score (nSPS) is 24.6. The summed E-state index contributed by atoms with van der Waals surface area (Å²) in [4.78, 5) is 4.22. The lowest BCUT2D eigenvalue weighted by Gasteiger charge is -2.18. The molecule has 1 aromatic rings. The third kappa shape index (κ3) is 3.42. The third-order valence-corrected chi connectivity index (χ3v) is 4.15. The zero-order chi connectivity index (χ0) is 13.1. The zero-order valence-electron chi connectivity index (χ0n) is 10.5. The molecule has 100 valence electrons. The number of halogens is 2. The highest BCUT2D eigenvalue weighted by atomic mass is 35.5. The molecule has 1 aliphatic carbocycles. The molecule has 2 unspecified atom stereocenters. The van der Waals surface area contributed by atoms with Crippen molar-refractivity contribution in [1.29, 1.82) is 0 Å². The molecule has 0 saturated heterocycles.